The summed E-state index contributed by atoms with van der Waals surface area (Å²) in [6.45, 7) is 18.2. The topological polar surface area (TPSA) is 9.23 Å². The molecule has 3 heteroatoms. The third kappa shape index (κ3) is 6.97. The molecule has 0 unspecified atom stereocenters. The first kappa shape index (κ1) is 14.6. The van der Waals surface area contributed by atoms with E-state index in [0.29, 0.717) is 0 Å². The van der Waals surface area contributed by atoms with Gasteiger partial charge < -0.3 is 0 Å². The molecule has 0 radical (unpaired) electrons. The second-order valence-corrected chi connectivity index (χ2v) is 14.0. The van der Waals surface area contributed by atoms with Gasteiger partial charge in [0.15, 0.2) is 0 Å². The van der Waals surface area contributed by atoms with Crippen molar-refractivity contribution >= 4 is 28.1 Å². The molecule has 0 aliphatic rings. The molecule has 0 saturated carbocycles. The third-order valence-corrected chi connectivity index (χ3v) is 5.78. The molecule has 14 heavy (non-hydrogen) atoms. The van der Waals surface area contributed by atoms with Gasteiger partial charge in [-0.3, -0.25) is 0 Å². The van der Waals surface area contributed by atoms with Crippen LogP contribution in [-0.4, -0.2) is 28.1 Å². The Morgan fingerprint density at radius 1 is 1.14 bits per heavy atom. The molecule has 0 heterocycles. The first-order valence-electron chi connectivity index (χ1n) is 5.29. The minimum absolute atomic E-state index is 0.223. The van der Waals surface area contributed by atoms with E-state index in [1.807, 2.05) is 0 Å². The summed E-state index contributed by atoms with van der Waals surface area (Å²) >= 11 is 0.223. The zero-order chi connectivity index (χ0) is 11.6. The van der Waals surface area contributed by atoms with E-state index in [-0.39, 0.29) is 20.7 Å². The van der Waals surface area contributed by atoms with Crippen LogP contribution in [0.15, 0.2) is 0 Å². The molecule has 84 valence electrons. The van der Waals surface area contributed by atoms with Crippen LogP contribution in [0.1, 0.15) is 34.6 Å². The second kappa shape index (κ2) is 5.09. The van der Waals surface area contributed by atoms with Gasteiger partial charge in [-0.1, -0.05) is 0 Å². The fraction of sp³-hybridized carbons (Fsp3) is 0.909. The van der Waals surface area contributed by atoms with Gasteiger partial charge >= 0.3 is 96.9 Å². The van der Waals surface area contributed by atoms with Gasteiger partial charge in [0.05, 0.1) is 0 Å². The third-order valence-electron chi connectivity index (χ3n) is 1.42. The molecule has 0 amide bonds. The van der Waals surface area contributed by atoms with E-state index in [9.17, 15) is 0 Å². The molecule has 0 aromatic heterocycles. The van der Waals surface area contributed by atoms with Crippen molar-refractivity contribution in [3.05, 3.63) is 0 Å². The van der Waals surface area contributed by atoms with Crippen LogP contribution in [0.3, 0.4) is 0 Å². The van der Waals surface area contributed by atoms with Gasteiger partial charge in [-0.25, -0.2) is 0 Å². The molecule has 0 bridgehead atoms. The standard InChI is InChI=1S/C11H25AsOSi/c1-9(2)12-10(11(3,4)5)13-14(6,7)8/h9H,1-8H3. The second-order valence-electron chi connectivity index (χ2n) is 5.99. The van der Waals surface area contributed by atoms with E-state index >= 15 is 0 Å². The van der Waals surface area contributed by atoms with Crippen LogP contribution in [0.2, 0.25) is 24.3 Å². The molecule has 0 spiro atoms. The summed E-state index contributed by atoms with van der Waals surface area (Å²) in [5.74, 6) is 0. The van der Waals surface area contributed by atoms with E-state index < -0.39 is 8.32 Å². The monoisotopic (exact) mass is 276 g/mol. The van der Waals surface area contributed by atoms with Crippen molar-refractivity contribution in [1.82, 2.24) is 0 Å². The molecule has 1 nitrogen and oxygen atoms in total. The van der Waals surface area contributed by atoms with Crippen LogP contribution in [0, 0.1) is 5.41 Å². The van der Waals surface area contributed by atoms with E-state index in [1.165, 1.54) is 4.49 Å². The van der Waals surface area contributed by atoms with Gasteiger partial charge in [0.2, 0.25) is 0 Å². The van der Waals surface area contributed by atoms with Gasteiger partial charge in [0.1, 0.15) is 0 Å². The average molecular weight is 276 g/mol. The first-order valence-corrected chi connectivity index (χ1v) is 10.7. The van der Waals surface area contributed by atoms with Gasteiger partial charge in [-0.05, 0) is 0 Å². The minimum atomic E-state index is -1.41. The Hall–Kier alpha value is 0.605. The maximum absolute atomic E-state index is 6.21. The van der Waals surface area contributed by atoms with Crippen molar-refractivity contribution in [2.45, 2.75) is 59.0 Å². The van der Waals surface area contributed by atoms with Gasteiger partial charge in [-0.2, -0.15) is 0 Å². The van der Waals surface area contributed by atoms with Crippen LogP contribution in [0.25, 0.3) is 0 Å². The molecule has 0 aliphatic carbocycles. The van der Waals surface area contributed by atoms with E-state index in [1.54, 1.807) is 0 Å². The summed E-state index contributed by atoms with van der Waals surface area (Å²) in [7, 11) is -1.41. The van der Waals surface area contributed by atoms with Crippen molar-refractivity contribution in [3.8, 4) is 0 Å². The fourth-order valence-electron chi connectivity index (χ4n) is 0.898. The van der Waals surface area contributed by atoms with Crippen molar-refractivity contribution in [3.63, 3.8) is 0 Å². The molecule has 0 aromatic rings. The molecule has 0 rings (SSSR count). The van der Waals surface area contributed by atoms with Gasteiger partial charge in [0.25, 0.3) is 0 Å². The molecular weight excluding hydrogens is 251 g/mol. The summed E-state index contributed by atoms with van der Waals surface area (Å²) in [5, 5.41) is 0. The SMILES string of the molecule is CC(C)[As]=C(O[Si](C)(C)C)C(C)(C)C. The van der Waals surface area contributed by atoms with Crippen LogP contribution < -0.4 is 0 Å². The quantitative estimate of drug-likeness (QED) is 0.716. The molecule has 0 atom stereocenters. The van der Waals surface area contributed by atoms with Crippen molar-refractivity contribution in [2.24, 2.45) is 5.41 Å². The Labute approximate surface area is 97.0 Å². The van der Waals surface area contributed by atoms with Crippen molar-refractivity contribution < 1.29 is 4.43 Å². The Balaban J connectivity index is 4.77. The molecule has 0 saturated heterocycles. The van der Waals surface area contributed by atoms with Crippen LogP contribution in [-0.2, 0) is 4.43 Å². The molecule has 0 fully saturated rings. The predicted octanol–water partition coefficient (Wildman–Crippen LogP) is 3.55. The summed E-state index contributed by atoms with van der Waals surface area (Å²) in [5.41, 5.74) is 0.227. The zero-order valence-corrected chi connectivity index (χ0v) is 13.8. The normalized spacial score (nSPS) is 15.1. The first-order chi connectivity index (χ1) is 6.02. The molecule has 0 N–H and O–H groups in total. The molecular formula is C11H25AsOSi. The number of hydrogen-bond acceptors (Lipinski definition) is 1. The summed E-state index contributed by atoms with van der Waals surface area (Å²) in [6.07, 6.45) is 0. The summed E-state index contributed by atoms with van der Waals surface area (Å²) < 4.78 is 8.36. The zero-order valence-electron chi connectivity index (χ0n) is 10.9. The Kier molecular flexibility index (Phi) is 5.31. The van der Waals surface area contributed by atoms with Crippen LogP contribution >= 0.6 is 0 Å². The Bertz CT molecular complexity index is 208. The summed E-state index contributed by atoms with van der Waals surface area (Å²) in [4.78, 5) is 0. The number of rotatable bonds is 3. The molecule has 0 aromatic carbocycles. The fourth-order valence-corrected chi connectivity index (χ4v) is 5.69. The molecule has 0 aliphatic heterocycles. The van der Waals surface area contributed by atoms with Crippen LogP contribution in [0.5, 0.6) is 0 Å². The maximum atomic E-state index is 6.21. The van der Waals surface area contributed by atoms with E-state index in [0.717, 1.165) is 4.71 Å². The Morgan fingerprint density at radius 3 is 1.79 bits per heavy atom. The van der Waals surface area contributed by atoms with Crippen LogP contribution in [0.4, 0.5) is 0 Å². The van der Waals surface area contributed by atoms with Crippen molar-refractivity contribution in [2.75, 3.05) is 0 Å². The van der Waals surface area contributed by atoms with Crippen molar-refractivity contribution in [1.29, 1.82) is 0 Å². The Morgan fingerprint density at radius 2 is 1.57 bits per heavy atom. The van der Waals surface area contributed by atoms with E-state index in [2.05, 4.69) is 54.3 Å². The van der Waals surface area contributed by atoms with E-state index in [4.69, 9.17) is 4.43 Å². The van der Waals surface area contributed by atoms with Gasteiger partial charge in [-0.15, -0.1) is 0 Å². The average Bonchev–Trinajstić information content (AvgIpc) is 1.78. The van der Waals surface area contributed by atoms with Gasteiger partial charge in [0, 0.05) is 0 Å². The summed E-state index contributed by atoms with van der Waals surface area (Å²) in [6, 6.07) is 0. The predicted molar refractivity (Wildman–Crippen MR) is 69.7 cm³/mol. The number of hydrogen-bond donors (Lipinski definition) is 0.